The molecule has 0 aliphatic carbocycles. The Morgan fingerprint density at radius 2 is 2.35 bits per heavy atom. The van der Waals surface area contributed by atoms with Crippen LogP contribution in [0.1, 0.15) is 5.56 Å². The molecule has 1 saturated heterocycles. The van der Waals surface area contributed by atoms with Gasteiger partial charge in [-0.25, -0.2) is 0 Å². The van der Waals surface area contributed by atoms with Crippen molar-refractivity contribution in [1.82, 2.24) is 5.32 Å². The maximum absolute atomic E-state index is 5.55. The lowest BCUT2D eigenvalue weighted by Crippen LogP contribution is -2.50. The minimum Gasteiger partial charge on any atom is -0.377 e. The average Bonchev–Trinajstić information content (AvgIpc) is 2.34. The van der Waals surface area contributed by atoms with Crippen molar-refractivity contribution in [3.8, 4) is 0 Å². The second-order valence-electron chi connectivity index (χ2n) is 4.41. The van der Waals surface area contributed by atoms with Gasteiger partial charge in [0.25, 0.3) is 0 Å². The van der Waals surface area contributed by atoms with E-state index in [1.807, 2.05) is 7.05 Å². The van der Waals surface area contributed by atoms with Crippen molar-refractivity contribution >= 4 is 21.6 Å². The molecule has 1 heterocycles. The van der Waals surface area contributed by atoms with E-state index in [4.69, 9.17) is 4.74 Å². The summed E-state index contributed by atoms with van der Waals surface area (Å²) in [7, 11) is 1.98. The Morgan fingerprint density at radius 3 is 3.06 bits per heavy atom. The molecule has 94 valence electrons. The van der Waals surface area contributed by atoms with Gasteiger partial charge in [-0.1, -0.05) is 22.0 Å². The highest BCUT2D eigenvalue weighted by Gasteiger charge is 2.22. The lowest BCUT2D eigenvalue weighted by Gasteiger charge is -2.37. The van der Waals surface area contributed by atoms with Gasteiger partial charge in [0.05, 0.1) is 19.3 Å². The van der Waals surface area contributed by atoms with E-state index in [1.165, 1.54) is 15.7 Å². The van der Waals surface area contributed by atoms with Gasteiger partial charge in [0, 0.05) is 23.2 Å². The standard InChI is InChI=1S/C13H19BrN2O/c1-10-3-4-11(7-13(10)14)16-5-6-17-9-12(16)8-15-2/h3-4,7,12,15H,5-6,8-9H2,1-2H3. The Bertz CT molecular complexity index is 382. The smallest absolute Gasteiger partial charge is 0.0683 e. The van der Waals surface area contributed by atoms with Gasteiger partial charge in [0.2, 0.25) is 0 Å². The lowest BCUT2D eigenvalue weighted by atomic mass is 10.1. The molecule has 1 aliphatic heterocycles. The van der Waals surface area contributed by atoms with E-state index in [0.717, 1.165) is 26.3 Å². The summed E-state index contributed by atoms with van der Waals surface area (Å²) in [6.45, 7) is 5.63. The van der Waals surface area contributed by atoms with Crippen LogP contribution in [0.5, 0.6) is 0 Å². The predicted molar refractivity (Wildman–Crippen MR) is 74.8 cm³/mol. The van der Waals surface area contributed by atoms with Crippen LogP contribution >= 0.6 is 15.9 Å². The van der Waals surface area contributed by atoms with Crippen molar-refractivity contribution in [2.45, 2.75) is 13.0 Å². The summed E-state index contributed by atoms with van der Waals surface area (Å²) in [5, 5.41) is 3.23. The zero-order valence-corrected chi connectivity index (χ0v) is 12.0. The van der Waals surface area contributed by atoms with Gasteiger partial charge in [-0.15, -0.1) is 0 Å². The van der Waals surface area contributed by atoms with Crippen molar-refractivity contribution < 1.29 is 4.74 Å². The first-order valence-electron chi connectivity index (χ1n) is 5.97. The SMILES string of the molecule is CNCC1COCCN1c1ccc(C)c(Br)c1. The number of ether oxygens (including phenoxy) is 1. The highest BCUT2D eigenvalue weighted by molar-refractivity contribution is 9.10. The van der Waals surface area contributed by atoms with Gasteiger partial charge in [-0.2, -0.15) is 0 Å². The molecule has 1 aliphatic rings. The first-order chi connectivity index (χ1) is 8.22. The first kappa shape index (κ1) is 12.9. The summed E-state index contributed by atoms with van der Waals surface area (Å²) >= 11 is 3.60. The number of hydrogen-bond acceptors (Lipinski definition) is 3. The Balaban J connectivity index is 2.20. The van der Waals surface area contributed by atoms with Gasteiger partial charge in [-0.3, -0.25) is 0 Å². The summed E-state index contributed by atoms with van der Waals surface area (Å²) in [4.78, 5) is 2.42. The van der Waals surface area contributed by atoms with E-state index in [0.29, 0.717) is 6.04 Å². The Labute approximate surface area is 111 Å². The largest absolute Gasteiger partial charge is 0.377 e. The number of rotatable bonds is 3. The Hall–Kier alpha value is -0.580. The van der Waals surface area contributed by atoms with E-state index in [2.05, 4.69) is 51.3 Å². The molecule has 4 heteroatoms. The van der Waals surface area contributed by atoms with E-state index < -0.39 is 0 Å². The number of benzene rings is 1. The maximum Gasteiger partial charge on any atom is 0.0683 e. The monoisotopic (exact) mass is 298 g/mol. The zero-order valence-electron chi connectivity index (χ0n) is 10.4. The number of anilines is 1. The second kappa shape index (κ2) is 5.85. The van der Waals surface area contributed by atoms with Gasteiger partial charge in [-0.05, 0) is 31.7 Å². The van der Waals surface area contributed by atoms with Crippen LogP contribution in [0, 0.1) is 6.92 Å². The van der Waals surface area contributed by atoms with Crippen LogP contribution < -0.4 is 10.2 Å². The number of nitrogens with zero attached hydrogens (tertiary/aromatic N) is 1. The minimum atomic E-state index is 0.420. The molecule has 17 heavy (non-hydrogen) atoms. The zero-order chi connectivity index (χ0) is 12.3. The maximum atomic E-state index is 5.55. The number of likely N-dealkylation sites (N-methyl/N-ethyl adjacent to an activating group) is 1. The molecule has 0 saturated carbocycles. The minimum absolute atomic E-state index is 0.420. The van der Waals surface area contributed by atoms with Crippen LogP contribution in [0.15, 0.2) is 22.7 Å². The fourth-order valence-corrected chi connectivity index (χ4v) is 2.53. The predicted octanol–water partition coefficient (Wildman–Crippen LogP) is 2.18. The molecule has 2 rings (SSSR count). The van der Waals surface area contributed by atoms with Crippen molar-refractivity contribution in [2.24, 2.45) is 0 Å². The van der Waals surface area contributed by atoms with Gasteiger partial charge in [0.1, 0.15) is 0 Å². The third-order valence-electron chi connectivity index (χ3n) is 3.15. The molecule has 3 nitrogen and oxygen atoms in total. The molecule has 0 spiro atoms. The average molecular weight is 299 g/mol. The first-order valence-corrected chi connectivity index (χ1v) is 6.77. The summed E-state index contributed by atoms with van der Waals surface area (Å²) in [5.74, 6) is 0. The van der Waals surface area contributed by atoms with Crippen LogP contribution in [-0.4, -0.2) is 39.4 Å². The molecule has 1 fully saturated rings. The molecule has 1 aromatic rings. The quantitative estimate of drug-likeness (QED) is 0.926. The van der Waals surface area contributed by atoms with E-state index in [-0.39, 0.29) is 0 Å². The van der Waals surface area contributed by atoms with Gasteiger partial charge < -0.3 is 15.0 Å². The van der Waals surface area contributed by atoms with Crippen molar-refractivity contribution in [2.75, 3.05) is 38.3 Å². The molecular weight excluding hydrogens is 280 g/mol. The van der Waals surface area contributed by atoms with E-state index in [9.17, 15) is 0 Å². The molecule has 0 amide bonds. The topological polar surface area (TPSA) is 24.5 Å². The molecular formula is C13H19BrN2O. The van der Waals surface area contributed by atoms with Crippen LogP contribution in [0.4, 0.5) is 5.69 Å². The van der Waals surface area contributed by atoms with Crippen LogP contribution in [0.25, 0.3) is 0 Å². The molecule has 0 aromatic heterocycles. The van der Waals surface area contributed by atoms with Gasteiger partial charge in [0.15, 0.2) is 0 Å². The van der Waals surface area contributed by atoms with Crippen molar-refractivity contribution in [1.29, 1.82) is 0 Å². The van der Waals surface area contributed by atoms with Crippen LogP contribution in [-0.2, 0) is 4.74 Å². The molecule has 1 unspecified atom stereocenters. The Kier molecular flexibility index (Phi) is 4.42. The van der Waals surface area contributed by atoms with Crippen molar-refractivity contribution in [3.05, 3.63) is 28.2 Å². The number of aryl methyl sites for hydroxylation is 1. The third kappa shape index (κ3) is 3.00. The summed E-state index contributed by atoms with van der Waals surface area (Å²) < 4.78 is 6.72. The fraction of sp³-hybridized carbons (Fsp3) is 0.538. The third-order valence-corrected chi connectivity index (χ3v) is 4.01. The molecule has 1 atom stereocenters. The van der Waals surface area contributed by atoms with Crippen LogP contribution in [0.2, 0.25) is 0 Å². The van der Waals surface area contributed by atoms with E-state index >= 15 is 0 Å². The molecule has 0 bridgehead atoms. The van der Waals surface area contributed by atoms with Gasteiger partial charge >= 0.3 is 0 Å². The number of morpholine rings is 1. The summed E-state index contributed by atoms with van der Waals surface area (Å²) in [6, 6.07) is 6.96. The molecule has 1 N–H and O–H groups in total. The summed E-state index contributed by atoms with van der Waals surface area (Å²) in [5.41, 5.74) is 2.54. The summed E-state index contributed by atoms with van der Waals surface area (Å²) in [6.07, 6.45) is 0. The van der Waals surface area contributed by atoms with E-state index in [1.54, 1.807) is 0 Å². The highest BCUT2D eigenvalue weighted by Crippen LogP contribution is 2.25. The Morgan fingerprint density at radius 1 is 1.53 bits per heavy atom. The lowest BCUT2D eigenvalue weighted by molar-refractivity contribution is 0.0943. The number of nitrogens with one attached hydrogen (secondary N) is 1. The number of hydrogen-bond donors (Lipinski definition) is 1. The highest BCUT2D eigenvalue weighted by atomic mass is 79.9. The fourth-order valence-electron chi connectivity index (χ4n) is 2.16. The van der Waals surface area contributed by atoms with Crippen LogP contribution in [0.3, 0.4) is 0 Å². The normalized spacial score (nSPS) is 20.6. The van der Waals surface area contributed by atoms with Crippen molar-refractivity contribution in [3.63, 3.8) is 0 Å². The molecule has 0 radical (unpaired) electrons. The number of halogens is 1. The molecule has 1 aromatic carbocycles. The second-order valence-corrected chi connectivity index (χ2v) is 5.27.